The molecule has 0 bridgehead atoms. The second kappa shape index (κ2) is 5.71. The zero-order valence-corrected chi connectivity index (χ0v) is 11.3. The number of carbonyl (C=O) groups excluding carboxylic acids is 1. The van der Waals surface area contributed by atoms with Crippen molar-refractivity contribution < 1.29 is 19.7 Å². The number of nitrogens with zero attached hydrogens (tertiary/aromatic N) is 2. The molecular formula is C11H14N4O6. The highest BCUT2D eigenvalue weighted by Gasteiger charge is 2.28. The minimum absolute atomic E-state index is 0.391. The van der Waals surface area contributed by atoms with Gasteiger partial charge in [0.25, 0.3) is 17.3 Å². The lowest BCUT2D eigenvalue weighted by Crippen LogP contribution is -2.46. The van der Waals surface area contributed by atoms with Gasteiger partial charge in [-0.1, -0.05) is 0 Å². The summed E-state index contributed by atoms with van der Waals surface area (Å²) in [6.45, 7) is 2.62. The van der Waals surface area contributed by atoms with E-state index in [1.54, 1.807) is 0 Å². The summed E-state index contributed by atoms with van der Waals surface area (Å²) in [6.07, 6.45) is 0. The molecular weight excluding hydrogens is 284 g/mol. The number of non-ortho nitro benzene ring substituents is 1. The number of aliphatic hydroxyl groups is 1. The molecule has 0 fully saturated rings. The van der Waals surface area contributed by atoms with Gasteiger partial charge in [0.05, 0.1) is 33.6 Å². The molecule has 0 radical (unpaired) electrons. The van der Waals surface area contributed by atoms with Gasteiger partial charge < -0.3 is 16.2 Å². The number of hydrogen-bond donors (Lipinski definition) is 3. The second-order valence-electron chi connectivity index (χ2n) is 4.94. The minimum Gasteiger partial charge on any atom is -0.394 e. The first-order chi connectivity index (χ1) is 9.59. The van der Waals surface area contributed by atoms with Crippen LogP contribution in [0.1, 0.15) is 24.2 Å². The minimum atomic E-state index is -1.01. The molecule has 1 amide bonds. The summed E-state index contributed by atoms with van der Waals surface area (Å²) in [5.74, 6) is -0.849. The second-order valence-corrected chi connectivity index (χ2v) is 4.94. The largest absolute Gasteiger partial charge is 0.394 e. The standard InChI is InChI=1S/C11H14N4O6/c1-11(2,5-16)13-10(17)7-3-6(14(18)19)4-8(9(7)12)15(20)21/h3-4,16H,5,12H2,1-2H3,(H,13,17). The summed E-state index contributed by atoms with van der Waals surface area (Å²) in [7, 11) is 0. The van der Waals surface area contributed by atoms with Gasteiger partial charge in [0.1, 0.15) is 5.69 Å². The zero-order valence-electron chi connectivity index (χ0n) is 11.3. The van der Waals surface area contributed by atoms with E-state index in [-0.39, 0.29) is 0 Å². The van der Waals surface area contributed by atoms with Crippen LogP contribution in [0.15, 0.2) is 12.1 Å². The number of benzene rings is 1. The van der Waals surface area contributed by atoms with E-state index < -0.39 is 50.5 Å². The van der Waals surface area contributed by atoms with Gasteiger partial charge in [0, 0.05) is 6.07 Å². The van der Waals surface area contributed by atoms with Crippen molar-refractivity contribution in [2.75, 3.05) is 12.3 Å². The highest BCUT2D eigenvalue weighted by atomic mass is 16.6. The Labute approximate surface area is 118 Å². The molecule has 4 N–H and O–H groups in total. The monoisotopic (exact) mass is 298 g/mol. The van der Waals surface area contributed by atoms with Crippen LogP contribution in [0.4, 0.5) is 17.1 Å². The van der Waals surface area contributed by atoms with Crippen LogP contribution in [0.3, 0.4) is 0 Å². The van der Waals surface area contributed by atoms with Crippen LogP contribution >= 0.6 is 0 Å². The summed E-state index contributed by atoms with van der Waals surface area (Å²) in [5, 5.41) is 33.1. The molecule has 0 saturated heterocycles. The van der Waals surface area contributed by atoms with E-state index in [0.29, 0.717) is 6.07 Å². The van der Waals surface area contributed by atoms with E-state index in [4.69, 9.17) is 10.8 Å². The predicted molar refractivity (Wildman–Crippen MR) is 72.8 cm³/mol. The van der Waals surface area contributed by atoms with Gasteiger partial charge in [0.2, 0.25) is 0 Å². The number of amides is 1. The summed E-state index contributed by atoms with van der Waals surface area (Å²) in [6, 6.07) is 1.54. The average molecular weight is 298 g/mol. The van der Waals surface area contributed by atoms with Crippen LogP contribution in [-0.4, -0.2) is 33.0 Å². The fourth-order valence-electron chi connectivity index (χ4n) is 1.48. The molecule has 0 aliphatic heterocycles. The number of nitro benzene ring substituents is 2. The smallest absolute Gasteiger partial charge is 0.299 e. The Morgan fingerprint density at radius 1 is 1.33 bits per heavy atom. The number of nitrogens with one attached hydrogen (secondary N) is 1. The summed E-state index contributed by atoms with van der Waals surface area (Å²) < 4.78 is 0. The maximum Gasteiger partial charge on any atom is 0.299 e. The van der Waals surface area contributed by atoms with E-state index in [1.165, 1.54) is 13.8 Å². The Balaban J connectivity index is 3.37. The predicted octanol–water partition coefficient (Wildman–Crippen LogP) is 0.586. The van der Waals surface area contributed by atoms with E-state index >= 15 is 0 Å². The van der Waals surface area contributed by atoms with Gasteiger partial charge in [-0.15, -0.1) is 0 Å². The first-order valence-corrected chi connectivity index (χ1v) is 5.74. The van der Waals surface area contributed by atoms with E-state index in [2.05, 4.69) is 5.32 Å². The molecule has 0 heterocycles. The first kappa shape index (κ1) is 16.3. The molecule has 21 heavy (non-hydrogen) atoms. The summed E-state index contributed by atoms with van der Waals surface area (Å²) in [4.78, 5) is 31.9. The zero-order chi connectivity index (χ0) is 16.4. The summed E-state index contributed by atoms with van der Waals surface area (Å²) >= 11 is 0. The van der Waals surface area contributed by atoms with Gasteiger partial charge >= 0.3 is 0 Å². The lowest BCUT2D eigenvalue weighted by molar-refractivity contribution is -0.393. The van der Waals surface area contributed by atoms with Crippen LogP contribution < -0.4 is 11.1 Å². The molecule has 1 aromatic rings. The van der Waals surface area contributed by atoms with E-state index in [9.17, 15) is 25.0 Å². The Morgan fingerprint density at radius 2 is 1.90 bits per heavy atom. The van der Waals surface area contributed by atoms with Crippen molar-refractivity contribution in [2.45, 2.75) is 19.4 Å². The summed E-state index contributed by atoms with van der Waals surface area (Å²) in [5.41, 5.74) is 2.30. The topological polar surface area (TPSA) is 162 Å². The Bertz CT molecular complexity index is 613. The van der Waals surface area contributed by atoms with Crippen LogP contribution in [0.2, 0.25) is 0 Å². The molecule has 1 rings (SSSR count). The molecule has 10 nitrogen and oxygen atoms in total. The molecule has 1 aromatic carbocycles. The van der Waals surface area contributed by atoms with Gasteiger partial charge in [0.15, 0.2) is 0 Å². The number of rotatable bonds is 5. The van der Waals surface area contributed by atoms with Crippen molar-refractivity contribution >= 4 is 23.0 Å². The molecule has 114 valence electrons. The van der Waals surface area contributed by atoms with E-state index in [1.807, 2.05) is 0 Å². The maximum absolute atomic E-state index is 12.0. The van der Waals surface area contributed by atoms with Crippen LogP contribution in [0.25, 0.3) is 0 Å². The molecule has 0 saturated carbocycles. The molecule has 0 spiro atoms. The maximum atomic E-state index is 12.0. The van der Waals surface area contributed by atoms with Gasteiger partial charge in [-0.3, -0.25) is 25.0 Å². The van der Waals surface area contributed by atoms with Crippen molar-refractivity contribution in [1.82, 2.24) is 5.32 Å². The highest BCUT2D eigenvalue weighted by Crippen LogP contribution is 2.31. The molecule has 0 aliphatic rings. The van der Waals surface area contributed by atoms with Gasteiger partial charge in [-0.05, 0) is 13.8 Å². The number of nitro groups is 2. The number of nitrogens with two attached hydrogens (primary N) is 1. The van der Waals surface area contributed by atoms with Crippen LogP contribution in [0, 0.1) is 20.2 Å². The van der Waals surface area contributed by atoms with Crippen LogP contribution in [0.5, 0.6) is 0 Å². The quantitative estimate of drug-likeness (QED) is 0.407. The fraction of sp³-hybridized carbons (Fsp3) is 0.364. The third-order valence-corrected chi connectivity index (χ3v) is 2.64. The highest BCUT2D eigenvalue weighted by molar-refractivity contribution is 6.02. The Morgan fingerprint density at radius 3 is 2.33 bits per heavy atom. The van der Waals surface area contributed by atoms with Crippen molar-refractivity contribution in [3.8, 4) is 0 Å². The lowest BCUT2D eigenvalue weighted by atomic mass is 10.0. The van der Waals surface area contributed by atoms with Crippen molar-refractivity contribution in [1.29, 1.82) is 0 Å². The third kappa shape index (κ3) is 3.63. The fourth-order valence-corrected chi connectivity index (χ4v) is 1.48. The van der Waals surface area contributed by atoms with Crippen molar-refractivity contribution in [2.24, 2.45) is 0 Å². The van der Waals surface area contributed by atoms with Gasteiger partial charge in [-0.25, -0.2) is 0 Å². The average Bonchev–Trinajstić information content (AvgIpc) is 2.37. The first-order valence-electron chi connectivity index (χ1n) is 5.74. The molecule has 0 atom stereocenters. The normalized spacial score (nSPS) is 11.0. The molecule has 0 aliphatic carbocycles. The van der Waals surface area contributed by atoms with Crippen molar-refractivity contribution in [3.05, 3.63) is 37.9 Å². The van der Waals surface area contributed by atoms with Crippen LogP contribution in [-0.2, 0) is 0 Å². The third-order valence-electron chi connectivity index (χ3n) is 2.64. The molecule has 10 heteroatoms. The van der Waals surface area contributed by atoms with E-state index in [0.717, 1.165) is 6.07 Å². The number of carbonyl (C=O) groups is 1. The number of aliphatic hydroxyl groups excluding tert-OH is 1. The SMILES string of the molecule is CC(C)(CO)NC(=O)c1cc([N+](=O)[O-])cc([N+](=O)[O-])c1N. The number of hydrogen-bond acceptors (Lipinski definition) is 7. The lowest BCUT2D eigenvalue weighted by Gasteiger charge is -2.23. The molecule has 0 aromatic heterocycles. The Kier molecular flexibility index (Phi) is 4.43. The Hall–Kier alpha value is -2.75. The van der Waals surface area contributed by atoms with Gasteiger partial charge in [-0.2, -0.15) is 0 Å². The number of anilines is 1. The number of nitrogen functional groups attached to an aromatic ring is 1. The van der Waals surface area contributed by atoms with Crippen molar-refractivity contribution in [3.63, 3.8) is 0 Å². The molecule has 0 unspecified atom stereocenters.